The fourth-order valence-electron chi connectivity index (χ4n) is 15.1. The van der Waals surface area contributed by atoms with Crippen molar-refractivity contribution in [3.05, 3.63) is 252 Å². The molecule has 93 heavy (non-hydrogen) atoms. The zero-order valence-electron chi connectivity index (χ0n) is 56.6. The number of rotatable bonds is 7. The van der Waals surface area contributed by atoms with Gasteiger partial charge in [0.1, 0.15) is 0 Å². The normalized spacial score (nSPS) is 13.7. The summed E-state index contributed by atoms with van der Waals surface area (Å²) in [5, 5.41) is 5.10. The lowest BCUT2D eigenvalue weighted by molar-refractivity contribution is 0.590. The Balaban J connectivity index is 1.08. The van der Waals surface area contributed by atoms with E-state index in [-0.39, 0.29) is 33.8 Å². The Kier molecular flexibility index (Phi) is 13.0. The van der Waals surface area contributed by atoms with Gasteiger partial charge in [-0.3, -0.25) is 0 Å². The fourth-order valence-corrected chi connectivity index (χ4v) is 16.2. The highest BCUT2D eigenvalue weighted by Gasteiger charge is 2.48. The summed E-state index contributed by atoms with van der Waals surface area (Å²) in [7, 11) is 0. The van der Waals surface area contributed by atoms with Crippen LogP contribution >= 0.6 is 11.3 Å². The number of para-hydroxylation sites is 2. The molecule has 11 aromatic carbocycles. The molecule has 5 nitrogen and oxygen atoms in total. The number of hydrogen-bond donors (Lipinski definition) is 0. The van der Waals surface area contributed by atoms with Crippen LogP contribution in [0.3, 0.4) is 0 Å². The first-order chi connectivity index (χ1) is 44.3. The van der Waals surface area contributed by atoms with E-state index in [9.17, 15) is 0 Å². The van der Waals surface area contributed by atoms with Gasteiger partial charge in [-0.15, -0.1) is 11.3 Å². The van der Waals surface area contributed by atoms with Gasteiger partial charge in [-0.05, 0) is 193 Å². The molecule has 0 unspecified atom stereocenters. The third-order valence-electron chi connectivity index (χ3n) is 20.2. The van der Waals surface area contributed by atoms with Gasteiger partial charge in [0.25, 0.3) is 6.71 Å². The van der Waals surface area contributed by atoms with Crippen LogP contribution in [0.1, 0.15) is 132 Å². The maximum atomic E-state index is 2.73. The molecule has 0 spiro atoms. The minimum Gasteiger partial charge on any atom is -0.311 e. The summed E-state index contributed by atoms with van der Waals surface area (Å²) in [5.74, 6) is 0. The van der Waals surface area contributed by atoms with Crippen molar-refractivity contribution in [1.82, 2.24) is 4.57 Å². The van der Waals surface area contributed by atoms with E-state index in [1.807, 2.05) is 11.3 Å². The number of hydrogen-bond acceptors (Lipinski definition) is 5. The molecule has 5 heterocycles. The van der Waals surface area contributed by atoms with Gasteiger partial charge >= 0.3 is 0 Å². The smallest absolute Gasteiger partial charge is 0.252 e. The second-order valence-corrected chi connectivity index (χ2v) is 32.7. The van der Waals surface area contributed by atoms with Crippen molar-refractivity contribution >= 4 is 145 Å². The highest BCUT2D eigenvalue weighted by molar-refractivity contribution is 7.26. The van der Waals surface area contributed by atoms with E-state index in [1.54, 1.807) is 0 Å². The molecule has 0 bridgehead atoms. The largest absolute Gasteiger partial charge is 0.311 e. The molecule has 0 fully saturated rings. The van der Waals surface area contributed by atoms with Crippen molar-refractivity contribution in [2.24, 2.45) is 0 Å². The van der Waals surface area contributed by atoms with Gasteiger partial charge in [-0.25, -0.2) is 0 Å². The van der Waals surface area contributed by atoms with Gasteiger partial charge in [0.05, 0.1) is 39.5 Å². The lowest BCUT2D eigenvalue weighted by Crippen LogP contribution is -2.62. The highest BCUT2D eigenvalue weighted by Crippen LogP contribution is 2.57. The van der Waals surface area contributed by atoms with Gasteiger partial charge in [-0.2, -0.15) is 0 Å². The minimum atomic E-state index is -0.193. The standard InChI is InChI=1S/C86H82BN5S/c1-82(2,3)53-33-38-60(39-34-53)88(61-40-35-54(36-41-61)83(4,5)6)62-42-43-67-71(50-62)90(70-30-24-32-77-78(70)64-29-22-23-31-76(64)93-77)72-51-63(89(58-25-18-16-19-26-58)59-27-20-17-21-28-59)52-73-79(72)87(67)68-47-57(86(13,14)15)49-75-81(68)92(73)74-48-56(85(10,11)12)46-66-65-45-55(84(7,8)9)37-44-69(65)91(75)80(66)74/h16-52H,1-15H3. The lowest BCUT2D eigenvalue weighted by atomic mass is 9.33. The molecule has 0 N–H and O–H groups in total. The van der Waals surface area contributed by atoms with Crippen LogP contribution in [0.5, 0.6) is 0 Å². The minimum absolute atomic E-state index is 0.00908. The first-order valence-corrected chi connectivity index (χ1v) is 34.2. The van der Waals surface area contributed by atoms with Gasteiger partial charge in [0.2, 0.25) is 0 Å². The van der Waals surface area contributed by atoms with Crippen LogP contribution in [0, 0.1) is 0 Å². The predicted octanol–water partition coefficient (Wildman–Crippen LogP) is 23.0. The van der Waals surface area contributed by atoms with Crippen LogP contribution in [-0.2, 0) is 27.1 Å². The Morgan fingerprint density at radius 3 is 1.40 bits per heavy atom. The van der Waals surface area contributed by atoms with Gasteiger partial charge in [0.15, 0.2) is 0 Å². The van der Waals surface area contributed by atoms with Crippen molar-refractivity contribution in [1.29, 1.82) is 0 Å². The number of anilines is 12. The van der Waals surface area contributed by atoms with Crippen LogP contribution in [0.15, 0.2) is 224 Å². The molecule has 460 valence electrons. The highest BCUT2D eigenvalue weighted by atomic mass is 32.1. The lowest BCUT2D eigenvalue weighted by Gasteiger charge is -2.47. The molecule has 13 aromatic rings. The van der Waals surface area contributed by atoms with Crippen molar-refractivity contribution in [2.45, 2.75) is 131 Å². The third kappa shape index (κ3) is 9.38. The molecule has 0 saturated heterocycles. The third-order valence-corrected chi connectivity index (χ3v) is 21.3. The number of thiophene rings is 1. The zero-order valence-corrected chi connectivity index (χ0v) is 57.4. The number of benzene rings is 11. The Hall–Kier alpha value is -9.30. The van der Waals surface area contributed by atoms with Crippen LogP contribution in [0.4, 0.5) is 68.2 Å². The summed E-state index contributed by atoms with van der Waals surface area (Å²) < 4.78 is 5.20. The number of nitrogens with zero attached hydrogens (tertiary/aromatic N) is 5. The molecule has 7 heteroatoms. The first kappa shape index (κ1) is 58.8. The van der Waals surface area contributed by atoms with E-state index in [0.717, 1.165) is 51.2 Å². The van der Waals surface area contributed by atoms with Gasteiger partial charge in [-0.1, -0.05) is 207 Å². The van der Waals surface area contributed by atoms with Crippen LogP contribution in [0.25, 0.3) is 47.7 Å². The average molecular weight is 1230 g/mol. The molecule has 16 rings (SSSR count). The van der Waals surface area contributed by atoms with E-state index >= 15 is 0 Å². The fraction of sp³-hybridized carbons (Fsp3) is 0.233. The SMILES string of the molecule is CC(C)(C)c1ccc(N(c2ccc(C(C)(C)C)cc2)c2ccc3c(c2)N(c2cccc4sc5ccccc5c24)c2cc(N(c4ccccc4)c4ccccc4)cc4c2B3c2cc(C(C)(C)C)cc3c2N4c2cc(C(C)(C)C)cc4c5cc(C(C)(C)C)ccc5n-3c24)cc1. The van der Waals surface area contributed by atoms with Gasteiger partial charge in [0, 0.05) is 76.4 Å². The summed E-state index contributed by atoms with van der Waals surface area (Å²) in [6.45, 7) is 35.0. The molecule has 2 aromatic heterocycles. The summed E-state index contributed by atoms with van der Waals surface area (Å²) in [5.41, 5.74) is 27.4. The molecule has 3 aliphatic heterocycles. The Labute approximate surface area is 554 Å². The summed E-state index contributed by atoms with van der Waals surface area (Å²) in [4.78, 5) is 10.4. The Morgan fingerprint density at radius 1 is 0.312 bits per heavy atom. The molecule has 0 saturated carbocycles. The van der Waals surface area contributed by atoms with Crippen molar-refractivity contribution < 1.29 is 0 Å². The molecular weight excluding hydrogens is 1150 g/mol. The first-order valence-electron chi connectivity index (χ1n) is 33.4. The van der Waals surface area contributed by atoms with E-state index < -0.39 is 0 Å². The van der Waals surface area contributed by atoms with Crippen molar-refractivity contribution in [2.75, 3.05) is 19.6 Å². The Morgan fingerprint density at radius 2 is 0.796 bits per heavy atom. The molecule has 0 atom stereocenters. The second kappa shape index (κ2) is 20.6. The molecular formula is C86H82BN5S. The van der Waals surface area contributed by atoms with E-state index in [0.29, 0.717) is 0 Å². The molecule has 0 aliphatic carbocycles. The van der Waals surface area contributed by atoms with E-state index in [2.05, 4.69) is 352 Å². The van der Waals surface area contributed by atoms with Crippen LogP contribution in [-0.4, -0.2) is 11.3 Å². The monoisotopic (exact) mass is 1230 g/mol. The maximum Gasteiger partial charge on any atom is 0.252 e. The van der Waals surface area contributed by atoms with Crippen LogP contribution in [0.2, 0.25) is 0 Å². The summed E-state index contributed by atoms with van der Waals surface area (Å²) in [6, 6.07) is 86.8. The summed E-state index contributed by atoms with van der Waals surface area (Å²) in [6.07, 6.45) is 0. The second-order valence-electron chi connectivity index (χ2n) is 31.6. The molecule has 0 radical (unpaired) electrons. The van der Waals surface area contributed by atoms with Crippen molar-refractivity contribution in [3.8, 4) is 5.69 Å². The quantitative estimate of drug-likeness (QED) is 0.148. The summed E-state index contributed by atoms with van der Waals surface area (Å²) >= 11 is 1.88. The van der Waals surface area contributed by atoms with Gasteiger partial charge < -0.3 is 24.2 Å². The van der Waals surface area contributed by atoms with E-state index in [1.165, 1.54) is 109 Å². The average Bonchev–Trinajstić information content (AvgIpc) is 1.68. The van der Waals surface area contributed by atoms with Crippen molar-refractivity contribution in [3.63, 3.8) is 0 Å². The number of fused-ring (bicyclic) bond motifs is 12. The predicted molar refractivity (Wildman–Crippen MR) is 404 cm³/mol. The topological polar surface area (TPSA) is 17.9 Å². The van der Waals surface area contributed by atoms with Crippen LogP contribution < -0.4 is 36.0 Å². The molecule has 0 amide bonds. The maximum absolute atomic E-state index is 2.73. The number of aromatic nitrogens is 1. The Bertz CT molecular complexity index is 5080. The van der Waals surface area contributed by atoms with E-state index in [4.69, 9.17) is 0 Å². The molecule has 3 aliphatic rings. The zero-order chi connectivity index (χ0) is 64.6.